The van der Waals surface area contributed by atoms with Crippen LogP contribution in [0.1, 0.15) is 39.9 Å². The van der Waals surface area contributed by atoms with Crippen LogP contribution < -0.4 is 5.32 Å². The van der Waals surface area contributed by atoms with Gasteiger partial charge < -0.3 is 10.2 Å². The number of nitrogens with zero attached hydrogens (tertiary/aromatic N) is 1. The highest BCUT2D eigenvalue weighted by atomic mass is 19.1. The zero-order valence-corrected chi connectivity index (χ0v) is 15.8. The van der Waals surface area contributed by atoms with Crippen molar-refractivity contribution in [3.8, 4) is 0 Å². The molecule has 0 aliphatic carbocycles. The first-order chi connectivity index (χ1) is 13.0. The van der Waals surface area contributed by atoms with Crippen molar-refractivity contribution in [3.63, 3.8) is 0 Å². The number of rotatable bonds is 4. The topological polar surface area (TPSA) is 49.4 Å². The molecule has 1 aliphatic rings. The van der Waals surface area contributed by atoms with Gasteiger partial charge in [0.25, 0.3) is 5.91 Å². The van der Waals surface area contributed by atoms with Gasteiger partial charge in [0.1, 0.15) is 5.82 Å². The Morgan fingerprint density at radius 2 is 1.78 bits per heavy atom. The van der Waals surface area contributed by atoms with Crippen LogP contribution in [0.25, 0.3) is 0 Å². The van der Waals surface area contributed by atoms with Gasteiger partial charge in [-0.1, -0.05) is 24.3 Å². The lowest BCUT2D eigenvalue weighted by Crippen LogP contribution is -2.43. The van der Waals surface area contributed by atoms with Gasteiger partial charge in [0.05, 0.1) is 0 Å². The van der Waals surface area contributed by atoms with E-state index < -0.39 is 0 Å². The van der Waals surface area contributed by atoms with Gasteiger partial charge in [0.2, 0.25) is 5.91 Å². The van der Waals surface area contributed by atoms with Gasteiger partial charge in [-0.25, -0.2) is 4.39 Å². The summed E-state index contributed by atoms with van der Waals surface area (Å²) in [7, 11) is 0. The van der Waals surface area contributed by atoms with Crippen molar-refractivity contribution in [2.75, 3.05) is 13.1 Å². The van der Waals surface area contributed by atoms with Crippen molar-refractivity contribution in [3.05, 3.63) is 70.5 Å². The fourth-order valence-corrected chi connectivity index (χ4v) is 3.37. The van der Waals surface area contributed by atoms with Gasteiger partial charge >= 0.3 is 0 Å². The van der Waals surface area contributed by atoms with Crippen LogP contribution in [0.3, 0.4) is 0 Å². The van der Waals surface area contributed by atoms with Crippen molar-refractivity contribution < 1.29 is 14.0 Å². The van der Waals surface area contributed by atoms with E-state index in [1.807, 2.05) is 36.9 Å². The number of carbonyl (C=O) groups is 2. The molecule has 4 nitrogen and oxygen atoms in total. The Bertz CT molecular complexity index is 842. The second kappa shape index (κ2) is 8.33. The van der Waals surface area contributed by atoms with E-state index in [0.29, 0.717) is 37.1 Å². The predicted octanol–water partition coefficient (Wildman–Crippen LogP) is 3.61. The second-order valence-electron chi connectivity index (χ2n) is 7.17. The highest BCUT2D eigenvalue weighted by molar-refractivity contribution is 5.94. The molecule has 3 rings (SSSR count). The molecule has 0 radical (unpaired) electrons. The number of aryl methyl sites for hydroxylation is 2. The van der Waals surface area contributed by atoms with Gasteiger partial charge in [0.15, 0.2) is 0 Å². The molecule has 0 aromatic heterocycles. The van der Waals surface area contributed by atoms with E-state index in [0.717, 1.165) is 11.1 Å². The molecule has 2 aromatic carbocycles. The van der Waals surface area contributed by atoms with E-state index in [1.54, 1.807) is 18.2 Å². The minimum Gasteiger partial charge on any atom is -0.352 e. The third-order valence-electron chi connectivity index (χ3n) is 5.32. The Morgan fingerprint density at radius 3 is 2.44 bits per heavy atom. The smallest absolute Gasteiger partial charge is 0.253 e. The maximum Gasteiger partial charge on any atom is 0.253 e. The lowest BCUT2D eigenvalue weighted by molar-refractivity contribution is -0.126. The van der Waals surface area contributed by atoms with Crippen molar-refractivity contribution in [2.24, 2.45) is 5.92 Å². The molecule has 5 heteroatoms. The Labute approximate surface area is 159 Å². The van der Waals surface area contributed by atoms with Crippen LogP contribution in [0.2, 0.25) is 0 Å². The number of nitrogens with one attached hydrogen (secondary N) is 1. The molecule has 0 unspecified atom stereocenters. The van der Waals surface area contributed by atoms with Crippen LogP contribution in [0.15, 0.2) is 42.5 Å². The fourth-order valence-electron chi connectivity index (χ4n) is 3.37. The van der Waals surface area contributed by atoms with E-state index in [2.05, 4.69) is 5.32 Å². The summed E-state index contributed by atoms with van der Waals surface area (Å²) >= 11 is 0. The molecule has 1 fully saturated rings. The molecule has 0 bridgehead atoms. The summed E-state index contributed by atoms with van der Waals surface area (Å²) < 4.78 is 13.6. The number of amides is 2. The van der Waals surface area contributed by atoms with E-state index in [9.17, 15) is 14.0 Å². The predicted molar refractivity (Wildman–Crippen MR) is 103 cm³/mol. The van der Waals surface area contributed by atoms with Gasteiger partial charge in [-0.15, -0.1) is 0 Å². The molecule has 1 aliphatic heterocycles. The summed E-state index contributed by atoms with van der Waals surface area (Å²) in [5, 5.41) is 2.82. The van der Waals surface area contributed by atoms with E-state index in [-0.39, 0.29) is 30.1 Å². The fraction of sp³-hybridized carbons (Fsp3) is 0.364. The van der Waals surface area contributed by atoms with Crippen LogP contribution in [-0.4, -0.2) is 29.8 Å². The molecule has 1 heterocycles. The van der Waals surface area contributed by atoms with Crippen LogP contribution >= 0.6 is 0 Å². The third-order valence-corrected chi connectivity index (χ3v) is 5.32. The van der Waals surface area contributed by atoms with Crippen LogP contribution in [0, 0.1) is 25.6 Å². The second-order valence-corrected chi connectivity index (χ2v) is 7.17. The molecule has 0 atom stereocenters. The maximum atomic E-state index is 13.6. The summed E-state index contributed by atoms with van der Waals surface area (Å²) in [6, 6.07) is 12.2. The van der Waals surface area contributed by atoms with Gasteiger partial charge in [0, 0.05) is 36.7 Å². The molecule has 1 saturated heterocycles. The summed E-state index contributed by atoms with van der Waals surface area (Å²) in [6.07, 6.45) is 1.25. The van der Waals surface area contributed by atoms with Crippen molar-refractivity contribution in [1.82, 2.24) is 10.2 Å². The van der Waals surface area contributed by atoms with E-state index in [4.69, 9.17) is 0 Å². The Balaban J connectivity index is 1.52. The number of carbonyl (C=O) groups excluding carboxylic acids is 2. The van der Waals surface area contributed by atoms with Gasteiger partial charge in [-0.3, -0.25) is 9.59 Å². The summed E-state index contributed by atoms with van der Waals surface area (Å²) in [6.45, 7) is 5.33. The van der Waals surface area contributed by atoms with E-state index >= 15 is 0 Å². The van der Waals surface area contributed by atoms with Gasteiger partial charge in [-0.2, -0.15) is 0 Å². The lowest BCUT2D eigenvalue weighted by Gasteiger charge is -2.31. The zero-order chi connectivity index (χ0) is 19.4. The average Bonchev–Trinajstić information content (AvgIpc) is 2.69. The number of benzene rings is 2. The SMILES string of the molecule is Cc1ccc(C(=O)N2CCC(C(=O)NCc3ccccc3F)CC2)cc1C. The van der Waals surface area contributed by atoms with Crippen molar-refractivity contribution in [2.45, 2.75) is 33.2 Å². The molecule has 142 valence electrons. The molecular formula is C22H25FN2O2. The number of hydrogen-bond acceptors (Lipinski definition) is 2. The highest BCUT2D eigenvalue weighted by Crippen LogP contribution is 2.20. The zero-order valence-electron chi connectivity index (χ0n) is 15.8. The molecular weight excluding hydrogens is 343 g/mol. The number of halogens is 1. The molecule has 27 heavy (non-hydrogen) atoms. The number of hydrogen-bond donors (Lipinski definition) is 1. The molecule has 2 amide bonds. The molecule has 0 saturated carbocycles. The summed E-state index contributed by atoms with van der Waals surface area (Å²) in [4.78, 5) is 26.9. The highest BCUT2D eigenvalue weighted by Gasteiger charge is 2.27. The number of likely N-dealkylation sites (tertiary alicyclic amines) is 1. The Hall–Kier alpha value is -2.69. The van der Waals surface area contributed by atoms with Crippen molar-refractivity contribution in [1.29, 1.82) is 0 Å². The molecule has 1 N–H and O–H groups in total. The van der Waals surface area contributed by atoms with E-state index in [1.165, 1.54) is 6.07 Å². The van der Waals surface area contributed by atoms with Crippen LogP contribution in [-0.2, 0) is 11.3 Å². The maximum absolute atomic E-state index is 13.6. The number of piperidine rings is 1. The minimum absolute atomic E-state index is 0.0170. The van der Waals surface area contributed by atoms with Crippen LogP contribution in [0.5, 0.6) is 0 Å². The Kier molecular flexibility index (Phi) is 5.89. The third kappa shape index (κ3) is 4.54. The first-order valence-electron chi connectivity index (χ1n) is 9.33. The van der Waals surface area contributed by atoms with Gasteiger partial charge in [-0.05, 0) is 56.0 Å². The lowest BCUT2D eigenvalue weighted by atomic mass is 9.95. The quantitative estimate of drug-likeness (QED) is 0.896. The normalized spacial score (nSPS) is 14.9. The standard InChI is InChI=1S/C22H25FN2O2/c1-15-7-8-18(13-16(15)2)22(27)25-11-9-17(10-12-25)21(26)24-14-19-5-3-4-6-20(19)23/h3-8,13,17H,9-12,14H2,1-2H3,(H,24,26). The van der Waals surface area contributed by atoms with Crippen molar-refractivity contribution >= 4 is 11.8 Å². The first kappa shape index (κ1) is 19.1. The summed E-state index contributed by atoms with van der Waals surface area (Å²) in [5.74, 6) is -0.507. The van der Waals surface area contributed by atoms with Crippen LogP contribution in [0.4, 0.5) is 4.39 Å². The summed E-state index contributed by atoms with van der Waals surface area (Å²) in [5.41, 5.74) is 3.44. The first-order valence-corrected chi connectivity index (χ1v) is 9.33. The monoisotopic (exact) mass is 368 g/mol. The molecule has 0 spiro atoms. The minimum atomic E-state index is -0.313. The Morgan fingerprint density at radius 1 is 1.07 bits per heavy atom. The molecule has 2 aromatic rings. The largest absolute Gasteiger partial charge is 0.352 e. The average molecular weight is 368 g/mol.